The Morgan fingerprint density at radius 2 is 1.81 bits per heavy atom. The number of hydrogen-bond donors (Lipinski definition) is 1. The number of nitrogens with zero attached hydrogens (tertiary/aromatic N) is 1. The molecule has 1 heterocycles. The van der Waals surface area contributed by atoms with Crippen molar-refractivity contribution < 1.29 is 9.53 Å². The number of hydrogen-bond acceptors (Lipinski definition) is 3. The Labute approximate surface area is 170 Å². The summed E-state index contributed by atoms with van der Waals surface area (Å²) >= 11 is 3.48. The first-order valence-electron chi connectivity index (χ1n) is 9.52. The van der Waals surface area contributed by atoms with Crippen LogP contribution in [0.25, 0.3) is 0 Å². The minimum atomic E-state index is -0.557. The molecule has 1 aliphatic heterocycles. The first kappa shape index (κ1) is 19.9. The predicted octanol–water partition coefficient (Wildman–Crippen LogP) is 4.44. The van der Waals surface area contributed by atoms with Crippen LogP contribution in [-0.4, -0.2) is 30.0 Å². The van der Waals surface area contributed by atoms with Crippen molar-refractivity contribution in [3.8, 4) is 5.75 Å². The van der Waals surface area contributed by atoms with E-state index in [0.29, 0.717) is 12.3 Å². The molecule has 0 bridgehead atoms. The molecule has 5 heteroatoms. The molecule has 3 rings (SSSR count). The van der Waals surface area contributed by atoms with E-state index in [1.165, 1.54) is 31.5 Å². The van der Waals surface area contributed by atoms with Crippen LogP contribution in [0.3, 0.4) is 0 Å². The van der Waals surface area contributed by atoms with Gasteiger partial charge >= 0.3 is 0 Å². The smallest absolute Gasteiger partial charge is 0.261 e. The second-order valence-corrected chi connectivity index (χ2v) is 8.07. The van der Waals surface area contributed by atoms with Gasteiger partial charge in [-0.25, -0.2) is 0 Å². The minimum absolute atomic E-state index is 0.122. The van der Waals surface area contributed by atoms with Crippen LogP contribution < -0.4 is 10.1 Å². The van der Waals surface area contributed by atoms with Crippen LogP contribution in [0.5, 0.6) is 5.75 Å². The van der Waals surface area contributed by atoms with Crippen LogP contribution in [0, 0.1) is 6.92 Å². The van der Waals surface area contributed by atoms with Crippen LogP contribution in [0.15, 0.2) is 46.9 Å². The highest BCUT2D eigenvalue weighted by atomic mass is 79.9. The molecule has 0 saturated carbocycles. The first-order valence-corrected chi connectivity index (χ1v) is 10.3. The maximum atomic E-state index is 12.3. The fourth-order valence-corrected chi connectivity index (χ4v) is 3.83. The highest BCUT2D eigenvalue weighted by Gasteiger charge is 2.16. The average Bonchev–Trinajstić information content (AvgIpc) is 3.16. The molecule has 144 valence electrons. The highest BCUT2D eigenvalue weighted by molar-refractivity contribution is 9.10. The van der Waals surface area contributed by atoms with Gasteiger partial charge in [-0.1, -0.05) is 30.3 Å². The first-order chi connectivity index (χ1) is 13.0. The van der Waals surface area contributed by atoms with Gasteiger partial charge in [-0.3, -0.25) is 9.69 Å². The van der Waals surface area contributed by atoms with Crippen LogP contribution >= 0.6 is 15.9 Å². The number of aryl methyl sites for hydroxylation is 1. The maximum Gasteiger partial charge on any atom is 0.261 e. The summed E-state index contributed by atoms with van der Waals surface area (Å²) < 4.78 is 6.64. The van der Waals surface area contributed by atoms with Gasteiger partial charge in [0.05, 0.1) is 4.47 Å². The van der Waals surface area contributed by atoms with Crippen molar-refractivity contribution in [2.24, 2.45) is 0 Å². The molecule has 1 unspecified atom stereocenters. The Morgan fingerprint density at radius 1 is 1.15 bits per heavy atom. The third-order valence-corrected chi connectivity index (χ3v) is 5.47. The summed E-state index contributed by atoms with van der Waals surface area (Å²) in [6.45, 7) is 7.70. The highest BCUT2D eigenvalue weighted by Crippen LogP contribution is 2.26. The van der Waals surface area contributed by atoms with Gasteiger partial charge in [0.15, 0.2) is 6.10 Å². The zero-order chi connectivity index (χ0) is 19.2. The molecule has 1 aliphatic rings. The van der Waals surface area contributed by atoms with E-state index in [9.17, 15) is 4.79 Å². The maximum absolute atomic E-state index is 12.3. The van der Waals surface area contributed by atoms with Crippen molar-refractivity contribution in [1.82, 2.24) is 10.2 Å². The Kier molecular flexibility index (Phi) is 6.91. The number of nitrogens with one attached hydrogen (secondary N) is 1. The average molecular weight is 431 g/mol. The van der Waals surface area contributed by atoms with Crippen molar-refractivity contribution in [3.05, 3.63) is 63.6 Å². The molecule has 27 heavy (non-hydrogen) atoms. The summed E-state index contributed by atoms with van der Waals surface area (Å²) in [6, 6.07) is 14.3. The topological polar surface area (TPSA) is 41.6 Å². The number of halogens is 1. The lowest BCUT2D eigenvalue weighted by atomic mass is 10.1. The summed E-state index contributed by atoms with van der Waals surface area (Å²) in [5, 5.41) is 2.95. The quantitative estimate of drug-likeness (QED) is 0.705. The molecular weight excluding hydrogens is 404 g/mol. The second kappa shape index (κ2) is 9.38. The molecule has 2 aromatic carbocycles. The lowest BCUT2D eigenvalue weighted by molar-refractivity contribution is -0.127. The van der Waals surface area contributed by atoms with Gasteiger partial charge < -0.3 is 10.1 Å². The lowest BCUT2D eigenvalue weighted by Gasteiger charge is -2.17. The molecule has 1 saturated heterocycles. The summed E-state index contributed by atoms with van der Waals surface area (Å²) in [5.74, 6) is 0.554. The van der Waals surface area contributed by atoms with Crippen LogP contribution in [-0.2, 0) is 17.9 Å². The summed E-state index contributed by atoms with van der Waals surface area (Å²) in [4.78, 5) is 14.8. The molecule has 2 aromatic rings. The van der Waals surface area contributed by atoms with E-state index in [1.807, 2.05) is 25.1 Å². The Morgan fingerprint density at radius 3 is 2.48 bits per heavy atom. The van der Waals surface area contributed by atoms with Crippen LogP contribution in [0.4, 0.5) is 0 Å². The van der Waals surface area contributed by atoms with Gasteiger partial charge in [0.2, 0.25) is 0 Å². The zero-order valence-corrected chi connectivity index (χ0v) is 17.6. The van der Waals surface area contributed by atoms with Crippen LogP contribution in [0.2, 0.25) is 0 Å². The number of carbonyl (C=O) groups excluding carboxylic acids is 1. The molecule has 0 radical (unpaired) electrons. The second-order valence-electron chi connectivity index (χ2n) is 7.21. The molecule has 4 nitrogen and oxygen atoms in total. The third kappa shape index (κ3) is 5.81. The van der Waals surface area contributed by atoms with E-state index >= 15 is 0 Å². The number of likely N-dealkylation sites (tertiary alicyclic amines) is 1. The summed E-state index contributed by atoms with van der Waals surface area (Å²) in [5.41, 5.74) is 3.56. The van der Waals surface area contributed by atoms with E-state index in [2.05, 4.69) is 50.4 Å². The molecule has 1 N–H and O–H groups in total. The Balaban J connectivity index is 1.47. The molecular formula is C22H27BrN2O2. The number of rotatable bonds is 7. The molecule has 1 fully saturated rings. The van der Waals surface area contributed by atoms with Crippen LogP contribution in [0.1, 0.15) is 36.5 Å². The minimum Gasteiger partial charge on any atom is -0.480 e. The molecule has 1 amide bonds. The number of amides is 1. The van der Waals surface area contributed by atoms with Gasteiger partial charge in [0, 0.05) is 13.1 Å². The van der Waals surface area contributed by atoms with Gasteiger partial charge in [-0.2, -0.15) is 0 Å². The lowest BCUT2D eigenvalue weighted by Crippen LogP contribution is -2.36. The van der Waals surface area contributed by atoms with Gasteiger partial charge in [0.25, 0.3) is 5.91 Å². The molecule has 0 aromatic heterocycles. The van der Waals surface area contributed by atoms with Gasteiger partial charge in [-0.05, 0) is 84.5 Å². The van der Waals surface area contributed by atoms with E-state index in [0.717, 1.165) is 22.1 Å². The fraction of sp³-hybridized carbons (Fsp3) is 0.409. The van der Waals surface area contributed by atoms with Crippen molar-refractivity contribution in [2.45, 2.75) is 45.9 Å². The molecule has 1 atom stereocenters. The third-order valence-electron chi connectivity index (χ3n) is 4.85. The monoisotopic (exact) mass is 430 g/mol. The van der Waals surface area contributed by atoms with E-state index in [-0.39, 0.29) is 5.91 Å². The van der Waals surface area contributed by atoms with Crippen molar-refractivity contribution in [1.29, 1.82) is 0 Å². The van der Waals surface area contributed by atoms with Crippen molar-refractivity contribution in [3.63, 3.8) is 0 Å². The largest absolute Gasteiger partial charge is 0.480 e. The van der Waals surface area contributed by atoms with E-state index in [4.69, 9.17) is 4.74 Å². The molecule has 0 spiro atoms. The molecule has 0 aliphatic carbocycles. The summed E-state index contributed by atoms with van der Waals surface area (Å²) in [6.07, 6.45) is 2.06. The Hall–Kier alpha value is -1.85. The van der Waals surface area contributed by atoms with E-state index in [1.54, 1.807) is 6.92 Å². The normalized spacial score (nSPS) is 15.5. The SMILES string of the molecule is Cc1ccc(OC(C)C(=O)NCc2ccc(CN3CCCC3)cc2)c(Br)c1. The zero-order valence-electron chi connectivity index (χ0n) is 16.0. The van der Waals surface area contributed by atoms with Gasteiger partial charge in [-0.15, -0.1) is 0 Å². The van der Waals surface area contributed by atoms with Gasteiger partial charge in [0.1, 0.15) is 5.75 Å². The Bertz CT molecular complexity index is 770. The van der Waals surface area contributed by atoms with E-state index < -0.39 is 6.10 Å². The van der Waals surface area contributed by atoms with Crippen molar-refractivity contribution >= 4 is 21.8 Å². The van der Waals surface area contributed by atoms with Crippen molar-refractivity contribution in [2.75, 3.05) is 13.1 Å². The number of benzene rings is 2. The predicted molar refractivity (Wildman–Crippen MR) is 112 cm³/mol. The summed E-state index contributed by atoms with van der Waals surface area (Å²) in [7, 11) is 0. The number of carbonyl (C=O) groups is 1. The number of ether oxygens (including phenoxy) is 1. The standard InChI is InChI=1S/C22H27BrN2O2/c1-16-5-10-21(20(23)13-16)27-17(2)22(26)24-14-18-6-8-19(9-7-18)15-25-11-3-4-12-25/h5-10,13,17H,3-4,11-12,14-15H2,1-2H3,(H,24,26). The fourth-order valence-electron chi connectivity index (χ4n) is 3.24.